The predicted octanol–water partition coefficient (Wildman–Crippen LogP) is 3.88. The fourth-order valence-corrected chi connectivity index (χ4v) is 5.22. The molecular formula is C18H26ClN3O5S. The molecule has 0 heterocycles. The SMILES string of the molecule is CC(C)(C)C1CCC(CC(=O)NS(=O)(=O)c2cc([N+](=O)[O-])c(N)cc2Cl)CC1. The number of nitrogens with zero attached hydrogens (tertiary/aromatic N) is 1. The summed E-state index contributed by atoms with van der Waals surface area (Å²) in [4.78, 5) is 21.9. The number of nitrogen functional groups attached to an aromatic ring is 1. The second kappa shape index (κ2) is 8.24. The van der Waals surface area contributed by atoms with E-state index in [1.165, 1.54) is 0 Å². The molecule has 0 unspecified atom stereocenters. The number of benzene rings is 1. The van der Waals surface area contributed by atoms with Crippen LogP contribution in [0, 0.1) is 27.4 Å². The van der Waals surface area contributed by atoms with Gasteiger partial charge in [-0.15, -0.1) is 0 Å². The van der Waals surface area contributed by atoms with Crippen LogP contribution < -0.4 is 10.5 Å². The number of halogens is 1. The molecule has 2 rings (SSSR count). The minimum atomic E-state index is -4.34. The van der Waals surface area contributed by atoms with Crippen molar-refractivity contribution in [1.29, 1.82) is 0 Å². The Hall–Kier alpha value is -1.87. The maximum Gasteiger partial charge on any atom is 0.293 e. The van der Waals surface area contributed by atoms with E-state index in [1.54, 1.807) is 0 Å². The Kier molecular flexibility index (Phi) is 6.60. The molecule has 0 atom stereocenters. The lowest BCUT2D eigenvalue weighted by molar-refractivity contribution is -0.384. The first kappa shape index (κ1) is 22.4. The van der Waals surface area contributed by atoms with Crippen molar-refractivity contribution in [1.82, 2.24) is 4.72 Å². The van der Waals surface area contributed by atoms with Crippen molar-refractivity contribution < 1.29 is 18.1 Å². The number of anilines is 1. The number of amides is 1. The molecular weight excluding hydrogens is 406 g/mol. The van der Waals surface area contributed by atoms with Gasteiger partial charge >= 0.3 is 0 Å². The van der Waals surface area contributed by atoms with Gasteiger partial charge in [0.25, 0.3) is 15.7 Å². The van der Waals surface area contributed by atoms with Gasteiger partial charge in [-0.1, -0.05) is 32.4 Å². The lowest BCUT2D eigenvalue weighted by atomic mass is 9.69. The number of rotatable bonds is 5. The summed E-state index contributed by atoms with van der Waals surface area (Å²) in [7, 11) is -4.34. The van der Waals surface area contributed by atoms with E-state index < -0.39 is 31.4 Å². The zero-order valence-electron chi connectivity index (χ0n) is 16.2. The Bertz CT molecular complexity index is 872. The standard InChI is InChI=1S/C18H26ClN3O5S/c1-18(2,3)12-6-4-11(5-7-12)8-17(23)21-28(26,27)16-10-15(22(24)25)14(20)9-13(16)19/h9-12H,4-8,20H2,1-3H3,(H,21,23). The quantitative estimate of drug-likeness (QED) is 0.413. The summed E-state index contributed by atoms with van der Waals surface area (Å²) in [6.07, 6.45) is 3.83. The third kappa shape index (κ3) is 5.35. The molecule has 0 saturated heterocycles. The first-order chi connectivity index (χ1) is 12.8. The maximum atomic E-state index is 12.5. The molecule has 1 aliphatic rings. The molecule has 156 valence electrons. The number of nitro groups is 1. The summed E-state index contributed by atoms with van der Waals surface area (Å²) in [6.45, 7) is 6.60. The minimum Gasteiger partial charge on any atom is -0.393 e. The van der Waals surface area contributed by atoms with Gasteiger partial charge in [0.1, 0.15) is 10.6 Å². The van der Waals surface area contributed by atoms with Gasteiger partial charge in [0.15, 0.2) is 0 Å². The van der Waals surface area contributed by atoms with Crippen molar-refractivity contribution >= 4 is 38.9 Å². The Morgan fingerprint density at radius 1 is 1.29 bits per heavy atom. The highest BCUT2D eigenvalue weighted by Crippen LogP contribution is 2.40. The van der Waals surface area contributed by atoms with Crippen LogP contribution in [-0.2, 0) is 14.8 Å². The minimum absolute atomic E-state index is 0.0881. The van der Waals surface area contributed by atoms with Crippen molar-refractivity contribution in [3.63, 3.8) is 0 Å². The fraction of sp³-hybridized carbons (Fsp3) is 0.611. The highest BCUT2D eigenvalue weighted by molar-refractivity contribution is 7.90. The second-order valence-electron chi connectivity index (χ2n) is 8.42. The fourth-order valence-electron chi connectivity index (χ4n) is 3.66. The number of sulfonamides is 1. The summed E-state index contributed by atoms with van der Waals surface area (Å²) in [5, 5.41) is 10.7. The molecule has 0 bridgehead atoms. The van der Waals surface area contributed by atoms with Crippen molar-refractivity contribution in [3.05, 3.63) is 27.3 Å². The number of hydrogen-bond donors (Lipinski definition) is 2. The van der Waals surface area contributed by atoms with Crippen molar-refractivity contribution in [2.45, 2.75) is 57.8 Å². The summed E-state index contributed by atoms with van der Waals surface area (Å²) in [5.74, 6) is 0.0597. The maximum absolute atomic E-state index is 12.5. The molecule has 1 aromatic rings. The largest absolute Gasteiger partial charge is 0.393 e. The first-order valence-electron chi connectivity index (χ1n) is 9.10. The van der Waals surface area contributed by atoms with E-state index in [0.29, 0.717) is 5.92 Å². The number of nitrogens with two attached hydrogens (primary N) is 1. The molecule has 1 amide bonds. The Labute approximate surface area is 170 Å². The highest BCUT2D eigenvalue weighted by Gasteiger charge is 2.31. The van der Waals surface area contributed by atoms with Crippen molar-refractivity contribution in [2.24, 2.45) is 17.3 Å². The van der Waals surface area contributed by atoms with Crippen LogP contribution in [0.5, 0.6) is 0 Å². The second-order valence-corrected chi connectivity index (χ2v) is 10.5. The predicted molar refractivity (Wildman–Crippen MR) is 107 cm³/mol. The number of nitrogens with one attached hydrogen (secondary N) is 1. The molecule has 0 radical (unpaired) electrons. The van der Waals surface area contributed by atoms with Crippen LogP contribution in [0.2, 0.25) is 5.02 Å². The molecule has 0 aliphatic heterocycles. The van der Waals surface area contributed by atoms with Crippen LogP contribution in [0.3, 0.4) is 0 Å². The summed E-state index contributed by atoms with van der Waals surface area (Å²) in [5.41, 5.74) is 4.87. The van der Waals surface area contributed by atoms with E-state index in [-0.39, 0.29) is 28.5 Å². The van der Waals surface area contributed by atoms with E-state index >= 15 is 0 Å². The molecule has 1 saturated carbocycles. The van der Waals surface area contributed by atoms with Gasteiger partial charge < -0.3 is 5.73 Å². The van der Waals surface area contributed by atoms with E-state index in [9.17, 15) is 23.3 Å². The molecule has 0 aromatic heterocycles. The summed E-state index contributed by atoms with van der Waals surface area (Å²) in [6, 6.07) is 1.76. The Morgan fingerprint density at radius 3 is 2.36 bits per heavy atom. The molecule has 1 aliphatic carbocycles. The van der Waals surface area contributed by atoms with E-state index in [0.717, 1.165) is 37.8 Å². The third-order valence-electron chi connectivity index (χ3n) is 5.36. The van der Waals surface area contributed by atoms with Gasteiger partial charge in [-0.3, -0.25) is 14.9 Å². The van der Waals surface area contributed by atoms with E-state index in [4.69, 9.17) is 17.3 Å². The molecule has 1 fully saturated rings. The van der Waals surface area contributed by atoms with Gasteiger partial charge in [-0.05, 0) is 49.0 Å². The molecule has 0 spiro atoms. The van der Waals surface area contributed by atoms with Crippen LogP contribution in [0.4, 0.5) is 11.4 Å². The van der Waals surface area contributed by atoms with Crippen LogP contribution in [0.25, 0.3) is 0 Å². The smallest absolute Gasteiger partial charge is 0.293 e. The zero-order chi connectivity index (χ0) is 21.3. The van der Waals surface area contributed by atoms with Gasteiger partial charge in [0.2, 0.25) is 5.91 Å². The monoisotopic (exact) mass is 431 g/mol. The summed E-state index contributed by atoms with van der Waals surface area (Å²) < 4.78 is 27.0. The zero-order valence-corrected chi connectivity index (χ0v) is 17.8. The van der Waals surface area contributed by atoms with Crippen molar-refractivity contribution in [2.75, 3.05) is 5.73 Å². The molecule has 1 aromatic carbocycles. The highest BCUT2D eigenvalue weighted by atomic mass is 35.5. The van der Waals surface area contributed by atoms with E-state index in [2.05, 4.69) is 20.8 Å². The van der Waals surface area contributed by atoms with Crippen LogP contribution in [0.15, 0.2) is 17.0 Å². The third-order valence-corrected chi connectivity index (χ3v) is 7.20. The van der Waals surface area contributed by atoms with E-state index in [1.807, 2.05) is 4.72 Å². The normalized spacial score (nSPS) is 20.6. The average molecular weight is 432 g/mol. The van der Waals surface area contributed by atoms with Gasteiger partial charge in [0, 0.05) is 12.5 Å². The molecule has 8 nitrogen and oxygen atoms in total. The lowest BCUT2D eigenvalue weighted by Crippen LogP contribution is -2.33. The Morgan fingerprint density at radius 2 is 1.86 bits per heavy atom. The number of nitro benzene ring substituents is 1. The molecule has 28 heavy (non-hydrogen) atoms. The topological polar surface area (TPSA) is 132 Å². The lowest BCUT2D eigenvalue weighted by Gasteiger charge is -2.36. The first-order valence-corrected chi connectivity index (χ1v) is 11.0. The van der Waals surface area contributed by atoms with Crippen LogP contribution in [0.1, 0.15) is 52.9 Å². The van der Waals surface area contributed by atoms with Crippen LogP contribution >= 0.6 is 11.6 Å². The molecule has 3 N–H and O–H groups in total. The number of hydrogen-bond acceptors (Lipinski definition) is 6. The number of carbonyl (C=O) groups is 1. The summed E-state index contributed by atoms with van der Waals surface area (Å²) >= 11 is 5.89. The molecule has 10 heteroatoms. The average Bonchev–Trinajstić information content (AvgIpc) is 2.53. The van der Waals surface area contributed by atoms with Crippen molar-refractivity contribution in [3.8, 4) is 0 Å². The van der Waals surface area contributed by atoms with Crippen LogP contribution in [-0.4, -0.2) is 19.2 Å². The van der Waals surface area contributed by atoms with Gasteiger partial charge in [-0.2, -0.15) is 0 Å². The van der Waals surface area contributed by atoms with Gasteiger partial charge in [-0.25, -0.2) is 13.1 Å². The number of carbonyl (C=O) groups excluding carboxylic acids is 1. The Balaban J connectivity index is 2.06. The van der Waals surface area contributed by atoms with Gasteiger partial charge in [0.05, 0.1) is 9.95 Å².